The summed E-state index contributed by atoms with van der Waals surface area (Å²) in [5.74, 6) is 0.850. The van der Waals surface area contributed by atoms with E-state index < -0.39 is 12.8 Å². The van der Waals surface area contributed by atoms with Crippen LogP contribution in [-0.2, 0) is 11.2 Å². The highest BCUT2D eigenvalue weighted by atomic mass is 19.4. The first-order chi connectivity index (χ1) is 9.53. The molecule has 0 saturated carbocycles. The minimum absolute atomic E-state index is 0.112. The molecule has 114 valence electrons. The van der Waals surface area contributed by atoms with Crippen molar-refractivity contribution >= 4 is 0 Å². The van der Waals surface area contributed by atoms with Gasteiger partial charge >= 0.3 is 6.18 Å². The van der Waals surface area contributed by atoms with Gasteiger partial charge in [-0.15, -0.1) is 0 Å². The van der Waals surface area contributed by atoms with E-state index in [2.05, 4.69) is 10.1 Å². The standard InChI is InChI=1S/C14H20F3NO2/c1-19-13-6-3-2-5-12(13)7-9-18-8-4-10-20-11-14(15,16)17/h2-3,5-6,18H,4,7-11H2,1H3. The van der Waals surface area contributed by atoms with Crippen molar-refractivity contribution in [2.24, 2.45) is 0 Å². The predicted molar refractivity (Wildman–Crippen MR) is 71.1 cm³/mol. The lowest BCUT2D eigenvalue weighted by atomic mass is 10.1. The first-order valence-corrected chi connectivity index (χ1v) is 6.50. The molecule has 0 aromatic heterocycles. The summed E-state index contributed by atoms with van der Waals surface area (Å²) < 4.78 is 45.1. The van der Waals surface area contributed by atoms with Gasteiger partial charge in [-0.1, -0.05) is 18.2 Å². The van der Waals surface area contributed by atoms with Crippen LogP contribution in [0.5, 0.6) is 5.75 Å². The third kappa shape index (κ3) is 7.35. The molecule has 0 aliphatic rings. The third-order valence-corrected chi connectivity index (χ3v) is 2.67. The van der Waals surface area contributed by atoms with E-state index in [4.69, 9.17) is 4.74 Å². The summed E-state index contributed by atoms with van der Waals surface area (Å²) in [6, 6.07) is 7.75. The summed E-state index contributed by atoms with van der Waals surface area (Å²) in [5, 5.41) is 3.17. The monoisotopic (exact) mass is 291 g/mol. The molecular weight excluding hydrogens is 271 g/mol. The van der Waals surface area contributed by atoms with Crippen molar-refractivity contribution < 1.29 is 22.6 Å². The van der Waals surface area contributed by atoms with Gasteiger partial charge in [-0.05, 0) is 37.6 Å². The Hall–Kier alpha value is -1.27. The van der Waals surface area contributed by atoms with Gasteiger partial charge in [0.1, 0.15) is 12.4 Å². The molecule has 6 heteroatoms. The zero-order valence-electron chi connectivity index (χ0n) is 11.5. The number of hydrogen-bond acceptors (Lipinski definition) is 3. The fourth-order valence-corrected chi connectivity index (χ4v) is 1.74. The van der Waals surface area contributed by atoms with Crippen LogP contribution in [-0.4, -0.2) is 39.6 Å². The number of benzene rings is 1. The number of para-hydroxylation sites is 1. The van der Waals surface area contributed by atoms with Crippen LogP contribution in [0.4, 0.5) is 13.2 Å². The average molecular weight is 291 g/mol. The van der Waals surface area contributed by atoms with E-state index in [-0.39, 0.29) is 6.61 Å². The number of hydrogen-bond donors (Lipinski definition) is 1. The SMILES string of the molecule is COc1ccccc1CCNCCCOCC(F)(F)F. The van der Waals surface area contributed by atoms with E-state index in [1.807, 2.05) is 24.3 Å². The lowest BCUT2D eigenvalue weighted by Crippen LogP contribution is -2.22. The van der Waals surface area contributed by atoms with Crippen molar-refractivity contribution in [2.75, 3.05) is 33.4 Å². The molecule has 0 amide bonds. The minimum Gasteiger partial charge on any atom is -0.496 e. The molecule has 0 heterocycles. The van der Waals surface area contributed by atoms with Crippen molar-refractivity contribution in [2.45, 2.75) is 19.0 Å². The van der Waals surface area contributed by atoms with Crippen LogP contribution in [0.3, 0.4) is 0 Å². The number of rotatable bonds is 9. The van der Waals surface area contributed by atoms with Crippen LogP contribution >= 0.6 is 0 Å². The van der Waals surface area contributed by atoms with Crippen molar-refractivity contribution in [1.82, 2.24) is 5.32 Å². The molecule has 1 N–H and O–H groups in total. The van der Waals surface area contributed by atoms with E-state index in [9.17, 15) is 13.2 Å². The maximum atomic E-state index is 11.8. The Bertz CT molecular complexity index is 383. The van der Waals surface area contributed by atoms with Crippen molar-refractivity contribution in [3.63, 3.8) is 0 Å². The van der Waals surface area contributed by atoms with Gasteiger partial charge in [0.2, 0.25) is 0 Å². The highest BCUT2D eigenvalue weighted by Gasteiger charge is 2.27. The van der Waals surface area contributed by atoms with Crippen molar-refractivity contribution in [3.05, 3.63) is 29.8 Å². The van der Waals surface area contributed by atoms with Gasteiger partial charge in [-0.2, -0.15) is 13.2 Å². The fraction of sp³-hybridized carbons (Fsp3) is 0.571. The second-order valence-corrected chi connectivity index (χ2v) is 4.33. The third-order valence-electron chi connectivity index (χ3n) is 2.67. The first kappa shape index (κ1) is 16.8. The van der Waals surface area contributed by atoms with Gasteiger partial charge in [0.05, 0.1) is 7.11 Å². The molecule has 0 unspecified atom stereocenters. The highest BCUT2D eigenvalue weighted by Crippen LogP contribution is 2.17. The maximum Gasteiger partial charge on any atom is 0.411 e. The van der Waals surface area contributed by atoms with E-state index in [0.29, 0.717) is 13.0 Å². The second kappa shape index (κ2) is 8.81. The van der Waals surface area contributed by atoms with Gasteiger partial charge < -0.3 is 14.8 Å². The average Bonchev–Trinajstić information content (AvgIpc) is 2.41. The molecule has 0 aliphatic carbocycles. The van der Waals surface area contributed by atoms with Crippen LogP contribution in [0.2, 0.25) is 0 Å². The summed E-state index contributed by atoms with van der Waals surface area (Å²) in [6.45, 7) is 0.321. The Labute approximate surface area is 117 Å². The Kier molecular flexibility index (Phi) is 7.40. The Morgan fingerprint density at radius 3 is 2.60 bits per heavy atom. The summed E-state index contributed by atoms with van der Waals surface area (Å²) in [7, 11) is 1.63. The first-order valence-electron chi connectivity index (χ1n) is 6.50. The summed E-state index contributed by atoms with van der Waals surface area (Å²) in [4.78, 5) is 0. The van der Waals surface area contributed by atoms with Crippen LogP contribution in [0.25, 0.3) is 0 Å². The fourth-order valence-electron chi connectivity index (χ4n) is 1.74. The van der Waals surface area contributed by atoms with Crippen LogP contribution in [0.15, 0.2) is 24.3 Å². The zero-order valence-corrected chi connectivity index (χ0v) is 11.5. The summed E-state index contributed by atoms with van der Waals surface area (Å²) >= 11 is 0. The molecule has 0 fully saturated rings. The van der Waals surface area contributed by atoms with Gasteiger partial charge in [0, 0.05) is 6.61 Å². The van der Waals surface area contributed by atoms with E-state index in [1.165, 1.54) is 0 Å². The van der Waals surface area contributed by atoms with Crippen LogP contribution in [0.1, 0.15) is 12.0 Å². The number of nitrogens with one attached hydrogen (secondary N) is 1. The van der Waals surface area contributed by atoms with Gasteiger partial charge in [-0.25, -0.2) is 0 Å². The van der Waals surface area contributed by atoms with E-state index >= 15 is 0 Å². The van der Waals surface area contributed by atoms with Crippen LogP contribution in [0, 0.1) is 0 Å². The number of methoxy groups -OCH3 is 1. The molecule has 1 aromatic rings. The molecule has 0 aliphatic heterocycles. The molecule has 0 bridgehead atoms. The molecule has 1 aromatic carbocycles. The zero-order chi connectivity index (χ0) is 14.8. The topological polar surface area (TPSA) is 30.5 Å². The largest absolute Gasteiger partial charge is 0.496 e. The number of ether oxygens (including phenoxy) is 2. The lowest BCUT2D eigenvalue weighted by molar-refractivity contribution is -0.173. The summed E-state index contributed by atoms with van der Waals surface area (Å²) in [6.07, 6.45) is -2.87. The number of halogens is 3. The Morgan fingerprint density at radius 1 is 1.15 bits per heavy atom. The van der Waals surface area contributed by atoms with Crippen molar-refractivity contribution in [1.29, 1.82) is 0 Å². The van der Waals surface area contributed by atoms with Gasteiger partial charge in [0.15, 0.2) is 0 Å². The Morgan fingerprint density at radius 2 is 1.90 bits per heavy atom. The van der Waals surface area contributed by atoms with Crippen molar-refractivity contribution in [3.8, 4) is 5.75 Å². The Balaban J connectivity index is 2.05. The van der Waals surface area contributed by atoms with E-state index in [1.54, 1.807) is 7.11 Å². The molecule has 0 saturated heterocycles. The molecule has 0 spiro atoms. The molecule has 1 rings (SSSR count). The lowest BCUT2D eigenvalue weighted by Gasteiger charge is -2.09. The minimum atomic E-state index is -4.24. The number of alkyl halides is 3. The molecule has 0 atom stereocenters. The predicted octanol–water partition coefficient (Wildman–Crippen LogP) is 2.80. The quantitative estimate of drug-likeness (QED) is 0.710. The van der Waals surface area contributed by atoms with Crippen LogP contribution < -0.4 is 10.1 Å². The molecule has 0 radical (unpaired) electrons. The normalized spacial score (nSPS) is 11.6. The highest BCUT2D eigenvalue weighted by molar-refractivity contribution is 5.33. The van der Waals surface area contributed by atoms with Gasteiger partial charge in [0.25, 0.3) is 0 Å². The smallest absolute Gasteiger partial charge is 0.411 e. The summed E-state index contributed by atoms with van der Waals surface area (Å²) in [5.41, 5.74) is 1.11. The maximum absolute atomic E-state index is 11.8. The van der Waals surface area contributed by atoms with E-state index in [0.717, 1.165) is 24.3 Å². The molecule has 3 nitrogen and oxygen atoms in total. The van der Waals surface area contributed by atoms with Gasteiger partial charge in [-0.3, -0.25) is 0 Å². The molecule has 20 heavy (non-hydrogen) atoms. The molecular formula is C14H20F3NO2. The second-order valence-electron chi connectivity index (χ2n) is 4.33.